The Morgan fingerprint density at radius 2 is 1.85 bits per heavy atom. The SMILES string of the molecule is Cc1cc(N)c(C)c(S(=O)(=O)NCC(O)C(F)F)c1C. The van der Waals surface area contributed by atoms with Crippen molar-refractivity contribution < 1.29 is 22.3 Å². The highest BCUT2D eigenvalue weighted by Crippen LogP contribution is 2.27. The third-order valence-corrected chi connectivity index (χ3v) is 4.82. The van der Waals surface area contributed by atoms with Crippen molar-refractivity contribution >= 4 is 15.7 Å². The molecule has 0 amide bonds. The molecule has 0 heterocycles. The number of hydrogen-bond donors (Lipinski definition) is 3. The number of rotatable bonds is 5. The number of sulfonamides is 1. The van der Waals surface area contributed by atoms with Crippen molar-refractivity contribution in [3.63, 3.8) is 0 Å². The summed E-state index contributed by atoms with van der Waals surface area (Å²) >= 11 is 0. The summed E-state index contributed by atoms with van der Waals surface area (Å²) in [6.07, 6.45) is -5.06. The molecule has 0 radical (unpaired) electrons. The number of hydrogen-bond acceptors (Lipinski definition) is 4. The second kappa shape index (κ2) is 6.02. The summed E-state index contributed by atoms with van der Waals surface area (Å²) in [5.74, 6) is 0. The molecule has 0 aliphatic heterocycles. The lowest BCUT2D eigenvalue weighted by atomic mass is 10.1. The monoisotopic (exact) mass is 308 g/mol. The molecule has 0 saturated carbocycles. The Morgan fingerprint density at radius 3 is 2.35 bits per heavy atom. The van der Waals surface area contributed by atoms with Crippen molar-refractivity contribution in [3.05, 3.63) is 22.8 Å². The standard InChI is InChI=1S/C12H18F2N2O3S/c1-6-4-9(15)8(3)11(7(6)2)20(18,19)16-5-10(17)12(13)14/h4,10,12,16-17H,5,15H2,1-3H3. The van der Waals surface area contributed by atoms with Crippen LogP contribution in [0.25, 0.3) is 0 Å². The Kier molecular flexibility index (Phi) is 5.06. The molecular weight excluding hydrogens is 290 g/mol. The molecule has 0 aromatic heterocycles. The van der Waals surface area contributed by atoms with Crippen LogP contribution in [0.4, 0.5) is 14.5 Å². The molecular formula is C12H18F2N2O3S. The second-order valence-corrected chi connectivity index (χ2v) is 6.32. The van der Waals surface area contributed by atoms with Crippen LogP contribution in [0.15, 0.2) is 11.0 Å². The quantitative estimate of drug-likeness (QED) is 0.710. The van der Waals surface area contributed by atoms with Gasteiger partial charge in [0.05, 0.1) is 4.90 Å². The van der Waals surface area contributed by atoms with Gasteiger partial charge in [-0.05, 0) is 43.5 Å². The Balaban J connectivity index is 3.17. The number of nitrogens with two attached hydrogens (primary N) is 1. The van der Waals surface area contributed by atoms with Crippen LogP contribution >= 0.6 is 0 Å². The molecule has 4 N–H and O–H groups in total. The molecule has 1 unspecified atom stereocenters. The minimum atomic E-state index is -4.02. The molecule has 1 atom stereocenters. The van der Waals surface area contributed by atoms with Gasteiger partial charge in [-0.15, -0.1) is 0 Å². The number of benzene rings is 1. The van der Waals surface area contributed by atoms with Gasteiger partial charge in [0, 0.05) is 12.2 Å². The first-order valence-corrected chi connectivity index (χ1v) is 7.38. The number of halogens is 2. The van der Waals surface area contributed by atoms with E-state index in [0.29, 0.717) is 22.4 Å². The normalized spacial score (nSPS) is 13.8. The molecule has 114 valence electrons. The predicted octanol–water partition coefficient (Wildman–Crippen LogP) is 1.10. The smallest absolute Gasteiger partial charge is 0.265 e. The Morgan fingerprint density at radius 1 is 1.30 bits per heavy atom. The number of nitrogen functional groups attached to an aromatic ring is 1. The maximum absolute atomic E-state index is 12.2. The van der Waals surface area contributed by atoms with E-state index in [4.69, 9.17) is 10.8 Å². The maximum atomic E-state index is 12.2. The number of aryl methyl sites for hydroxylation is 1. The highest BCUT2D eigenvalue weighted by Gasteiger charge is 2.25. The molecule has 1 aromatic rings. The van der Waals surface area contributed by atoms with Crippen molar-refractivity contribution in [1.82, 2.24) is 4.72 Å². The first-order chi connectivity index (χ1) is 9.08. The van der Waals surface area contributed by atoms with Gasteiger partial charge in [0.2, 0.25) is 10.0 Å². The van der Waals surface area contributed by atoms with Crippen molar-refractivity contribution in [3.8, 4) is 0 Å². The van der Waals surface area contributed by atoms with Crippen molar-refractivity contribution in [2.45, 2.75) is 38.2 Å². The summed E-state index contributed by atoms with van der Waals surface area (Å²) in [5, 5.41) is 8.98. The van der Waals surface area contributed by atoms with Crippen LogP contribution < -0.4 is 10.5 Å². The first kappa shape index (κ1) is 16.8. The highest BCUT2D eigenvalue weighted by atomic mass is 32.2. The van der Waals surface area contributed by atoms with Crippen molar-refractivity contribution in [1.29, 1.82) is 0 Å². The van der Waals surface area contributed by atoms with E-state index >= 15 is 0 Å². The molecule has 0 bridgehead atoms. The molecule has 0 fully saturated rings. The fourth-order valence-corrected chi connectivity index (χ4v) is 3.42. The summed E-state index contributed by atoms with van der Waals surface area (Å²) in [7, 11) is -4.02. The van der Waals surface area contributed by atoms with Gasteiger partial charge in [-0.2, -0.15) is 0 Å². The molecule has 1 aromatic carbocycles. The third kappa shape index (κ3) is 3.44. The summed E-state index contributed by atoms with van der Waals surface area (Å²) in [6, 6.07) is 1.65. The Hall–Kier alpha value is -1.25. The molecule has 0 aliphatic carbocycles. The van der Waals surface area contributed by atoms with Crippen molar-refractivity contribution in [2.75, 3.05) is 12.3 Å². The van der Waals surface area contributed by atoms with Gasteiger partial charge in [-0.25, -0.2) is 21.9 Å². The van der Waals surface area contributed by atoms with E-state index in [1.165, 1.54) is 0 Å². The summed E-state index contributed by atoms with van der Waals surface area (Å²) in [5.41, 5.74) is 7.57. The van der Waals surface area contributed by atoms with Crippen LogP contribution in [-0.2, 0) is 10.0 Å². The Bertz CT molecular complexity index is 577. The molecule has 8 heteroatoms. The van der Waals surface area contributed by atoms with Gasteiger partial charge >= 0.3 is 0 Å². The zero-order chi connectivity index (χ0) is 15.7. The summed E-state index contributed by atoms with van der Waals surface area (Å²) in [6.45, 7) is 4.10. The van der Waals surface area contributed by atoms with Crippen LogP contribution in [-0.4, -0.2) is 32.6 Å². The highest BCUT2D eigenvalue weighted by molar-refractivity contribution is 7.89. The van der Waals surface area contributed by atoms with E-state index in [1.807, 2.05) is 4.72 Å². The largest absolute Gasteiger partial charge is 0.398 e. The minimum absolute atomic E-state index is 0.0310. The van der Waals surface area contributed by atoms with Crippen molar-refractivity contribution in [2.24, 2.45) is 0 Å². The molecule has 5 nitrogen and oxygen atoms in total. The topological polar surface area (TPSA) is 92.4 Å². The van der Waals surface area contributed by atoms with Gasteiger partial charge in [0.1, 0.15) is 6.10 Å². The van der Waals surface area contributed by atoms with E-state index in [1.54, 1.807) is 26.8 Å². The average Bonchev–Trinajstić information content (AvgIpc) is 2.33. The number of aliphatic hydroxyl groups excluding tert-OH is 1. The van der Waals surface area contributed by atoms with Gasteiger partial charge < -0.3 is 10.8 Å². The first-order valence-electron chi connectivity index (χ1n) is 5.90. The number of aliphatic hydroxyl groups is 1. The zero-order valence-electron chi connectivity index (χ0n) is 11.4. The molecule has 0 spiro atoms. The maximum Gasteiger partial charge on any atom is 0.265 e. The lowest BCUT2D eigenvalue weighted by Gasteiger charge is -2.17. The molecule has 1 rings (SSSR count). The summed E-state index contributed by atoms with van der Waals surface area (Å²) in [4.78, 5) is -0.0310. The third-order valence-electron chi connectivity index (χ3n) is 3.12. The second-order valence-electron chi connectivity index (χ2n) is 4.62. The molecule has 0 aliphatic rings. The zero-order valence-corrected chi connectivity index (χ0v) is 12.3. The predicted molar refractivity (Wildman–Crippen MR) is 72.3 cm³/mol. The van der Waals surface area contributed by atoms with Crippen LogP contribution in [0.3, 0.4) is 0 Å². The van der Waals surface area contributed by atoms with E-state index in [2.05, 4.69) is 0 Å². The number of anilines is 1. The molecule has 0 saturated heterocycles. The van der Waals surface area contributed by atoms with Crippen LogP contribution in [0.2, 0.25) is 0 Å². The summed E-state index contributed by atoms with van der Waals surface area (Å²) < 4.78 is 50.7. The Labute approximate surface area is 116 Å². The lowest BCUT2D eigenvalue weighted by Crippen LogP contribution is -2.36. The van der Waals surface area contributed by atoms with Crippen LogP contribution in [0, 0.1) is 20.8 Å². The van der Waals surface area contributed by atoms with Gasteiger partial charge in [0.15, 0.2) is 0 Å². The van der Waals surface area contributed by atoms with E-state index < -0.39 is 29.1 Å². The van der Waals surface area contributed by atoms with Crippen LogP contribution in [0.1, 0.15) is 16.7 Å². The van der Waals surface area contributed by atoms with Gasteiger partial charge in [0.25, 0.3) is 6.43 Å². The fourth-order valence-electron chi connectivity index (χ4n) is 1.80. The van der Waals surface area contributed by atoms with E-state index in [0.717, 1.165) is 0 Å². The lowest BCUT2D eigenvalue weighted by molar-refractivity contribution is -0.000453. The van der Waals surface area contributed by atoms with Gasteiger partial charge in [-0.3, -0.25) is 0 Å². The molecule has 20 heavy (non-hydrogen) atoms. The fraction of sp³-hybridized carbons (Fsp3) is 0.500. The van der Waals surface area contributed by atoms with E-state index in [9.17, 15) is 17.2 Å². The van der Waals surface area contributed by atoms with E-state index in [-0.39, 0.29) is 4.90 Å². The minimum Gasteiger partial charge on any atom is -0.398 e. The number of nitrogens with one attached hydrogen (secondary N) is 1. The van der Waals surface area contributed by atoms with Gasteiger partial charge in [-0.1, -0.05) is 0 Å². The number of alkyl halides is 2. The average molecular weight is 308 g/mol. The van der Waals surface area contributed by atoms with Crippen LogP contribution in [0.5, 0.6) is 0 Å².